The van der Waals surface area contributed by atoms with Crippen LogP contribution in [-0.4, -0.2) is 34.7 Å². The number of aliphatic carboxylic acids is 1. The van der Waals surface area contributed by atoms with Crippen molar-refractivity contribution in [2.75, 3.05) is 6.54 Å². The number of hydrogen-bond acceptors (Lipinski definition) is 3. The van der Waals surface area contributed by atoms with Crippen LogP contribution in [0.2, 0.25) is 0 Å². The Bertz CT molecular complexity index is 440. The first-order valence-corrected chi connectivity index (χ1v) is 7.47. The Balaban J connectivity index is 1.98. The molecule has 0 spiro atoms. The van der Waals surface area contributed by atoms with Crippen molar-refractivity contribution in [3.63, 3.8) is 0 Å². The second-order valence-corrected chi connectivity index (χ2v) is 5.41. The second-order valence-electron chi connectivity index (χ2n) is 5.41. The minimum absolute atomic E-state index is 0.516. The van der Waals surface area contributed by atoms with E-state index in [1.165, 1.54) is 18.4 Å². The molecule has 0 amide bonds. The number of aryl methyl sites for hydroxylation is 1. The normalized spacial score (nSPS) is 16.4. The number of carbonyl (C=O) groups is 1. The molecule has 1 aromatic rings. The molecule has 0 aliphatic heterocycles. The van der Waals surface area contributed by atoms with E-state index in [-0.39, 0.29) is 0 Å². The molecule has 0 heterocycles. The lowest BCUT2D eigenvalue weighted by Gasteiger charge is -2.25. The van der Waals surface area contributed by atoms with Gasteiger partial charge < -0.3 is 5.11 Å². The van der Waals surface area contributed by atoms with E-state index in [1.807, 2.05) is 12.1 Å². The Kier molecular flexibility index (Phi) is 5.15. The number of rotatable bonds is 8. The topological polar surface area (TPSA) is 52.6 Å². The molecule has 2 rings (SSSR count). The zero-order valence-electron chi connectivity index (χ0n) is 12.3. The average molecular weight is 276 g/mol. The third-order valence-corrected chi connectivity index (χ3v) is 3.82. The van der Waals surface area contributed by atoms with Crippen molar-refractivity contribution in [2.24, 2.45) is 0 Å². The zero-order chi connectivity index (χ0) is 14.5. The van der Waals surface area contributed by atoms with E-state index >= 15 is 0 Å². The first-order chi connectivity index (χ1) is 9.63. The Morgan fingerprint density at radius 1 is 1.30 bits per heavy atom. The largest absolute Gasteiger partial charge is 0.480 e. The number of hydrogen-bond donors (Lipinski definition) is 2. The Morgan fingerprint density at radius 2 is 1.90 bits per heavy atom. The van der Waals surface area contributed by atoms with Gasteiger partial charge in [0.1, 0.15) is 6.04 Å². The van der Waals surface area contributed by atoms with E-state index in [1.54, 1.807) is 0 Å². The molecule has 0 radical (unpaired) electrons. The molecule has 2 N–H and O–H groups in total. The SMILES string of the molecule is CCc1ccc(C[C@H](NN(CC)C2CC2)C(=O)O)cc1. The number of benzene rings is 1. The fourth-order valence-electron chi connectivity index (χ4n) is 2.38. The van der Waals surface area contributed by atoms with E-state index in [4.69, 9.17) is 0 Å². The number of carboxylic acid groups (broad SMARTS) is 1. The molecule has 1 fully saturated rings. The minimum atomic E-state index is -0.788. The Labute approximate surface area is 120 Å². The lowest BCUT2D eigenvalue weighted by atomic mass is 10.0. The van der Waals surface area contributed by atoms with Crippen LogP contribution >= 0.6 is 0 Å². The predicted molar refractivity (Wildman–Crippen MR) is 79.5 cm³/mol. The number of nitrogens with zero attached hydrogens (tertiary/aromatic N) is 1. The van der Waals surface area contributed by atoms with Crippen molar-refractivity contribution in [3.05, 3.63) is 35.4 Å². The lowest BCUT2D eigenvalue weighted by Crippen LogP contribution is -2.50. The fraction of sp³-hybridized carbons (Fsp3) is 0.562. The standard InChI is InChI=1S/C16H24N2O2/c1-3-12-5-7-13(8-6-12)11-15(16(19)20)17-18(4-2)14-9-10-14/h5-8,14-15,17H,3-4,9-11H2,1-2H3,(H,19,20)/t15-/m0/s1. The molecule has 0 aromatic heterocycles. The molecule has 1 saturated carbocycles. The van der Waals surface area contributed by atoms with Gasteiger partial charge in [-0.1, -0.05) is 38.1 Å². The summed E-state index contributed by atoms with van der Waals surface area (Å²) in [5.41, 5.74) is 5.52. The van der Waals surface area contributed by atoms with Gasteiger partial charge in [0.25, 0.3) is 0 Å². The van der Waals surface area contributed by atoms with Crippen molar-refractivity contribution in [1.29, 1.82) is 0 Å². The number of nitrogens with one attached hydrogen (secondary N) is 1. The van der Waals surface area contributed by atoms with Gasteiger partial charge in [-0.25, -0.2) is 10.4 Å². The molecular formula is C16H24N2O2. The maximum atomic E-state index is 11.4. The van der Waals surface area contributed by atoms with Gasteiger partial charge >= 0.3 is 5.97 Å². The monoisotopic (exact) mass is 276 g/mol. The van der Waals surface area contributed by atoms with Crippen LogP contribution in [0, 0.1) is 0 Å². The quantitative estimate of drug-likeness (QED) is 0.715. The molecule has 1 atom stereocenters. The second kappa shape index (κ2) is 6.86. The van der Waals surface area contributed by atoms with Crippen molar-refractivity contribution in [3.8, 4) is 0 Å². The van der Waals surface area contributed by atoms with Crippen LogP contribution in [0.4, 0.5) is 0 Å². The zero-order valence-corrected chi connectivity index (χ0v) is 12.3. The lowest BCUT2D eigenvalue weighted by molar-refractivity contribution is -0.141. The van der Waals surface area contributed by atoms with Crippen LogP contribution in [0.5, 0.6) is 0 Å². The van der Waals surface area contributed by atoms with Gasteiger partial charge in [-0.05, 0) is 36.8 Å². The minimum Gasteiger partial charge on any atom is -0.480 e. The highest BCUT2D eigenvalue weighted by Crippen LogP contribution is 2.25. The maximum absolute atomic E-state index is 11.4. The van der Waals surface area contributed by atoms with Crippen molar-refractivity contribution in [1.82, 2.24) is 10.4 Å². The summed E-state index contributed by atoms with van der Waals surface area (Å²) in [5.74, 6) is -0.788. The van der Waals surface area contributed by atoms with Crippen molar-refractivity contribution >= 4 is 5.97 Å². The van der Waals surface area contributed by atoms with E-state index in [2.05, 4.69) is 36.4 Å². The highest BCUT2D eigenvalue weighted by atomic mass is 16.4. The summed E-state index contributed by atoms with van der Waals surface area (Å²) in [4.78, 5) is 11.4. The number of carboxylic acids is 1. The molecule has 20 heavy (non-hydrogen) atoms. The summed E-state index contributed by atoms with van der Waals surface area (Å²) >= 11 is 0. The summed E-state index contributed by atoms with van der Waals surface area (Å²) in [6, 6.07) is 8.18. The molecule has 0 saturated heterocycles. The summed E-state index contributed by atoms with van der Waals surface area (Å²) in [7, 11) is 0. The summed E-state index contributed by atoms with van der Waals surface area (Å²) in [5, 5.41) is 11.5. The predicted octanol–water partition coefficient (Wildman–Crippen LogP) is 2.23. The van der Waals surface area contributed by atoms with Gasteiger partial charge in [-0.2, -0.15) is 0 Å². The molecule has 1 aliphatic rings. The van der Waals surface area contributed by atoms with E-state index < -0.39 is 12.0 Å². The fourth-order valence-corrected chi connectivity index (χ4v) is 2.38. The first-order valence-electron chi connectivity index (χ1n) is 7.47. The van der Waals surface area contributed by atoms with Gasteiger partial charge in [0.2, 0.25) is 0 Å². The number of hydrazine groups is 1. The van der Waals surface area contributed by atoms with Crippen LogP contribution in [0.3, 0.4) is 0 Å². The molecule has 0 bridgehead atoms. The van der Waals surface area contributed by atoms with Gasteiger partial charge in [0, 0.05) is 12.6 Å². The van der Waals surface area contributed by atoms with Gasteiger partial charge in [-0.15, -0.1) is 0 Å². The molecule has 0 unspecified atom stereocenters. The summed E-state index contributed by atoms with van der Waals surface area (Å²) in [6.45, 7) is 5.01. The van der Waals surface area contributed by atoms with E-state index in [0.29, 0.717) is 12.5 Å². The van der Waals surface area contributed by atoms with Crippen LogP contribution in [0.25, 0.3) is 0 Å². The Hall–Kier alpha value is -1.39. The van der Waals surface area contributed by atoms with Crippen LogP contribution in [0.15, 0.2) is 24.3 Å². The van der Waals surface area contributed by atoms with Gasteiger partial charge in [-0.3, -0.25) is 4.79 Å². The van der Waals surface area contributed by atoms with E-state index in [9.17, 15) is 9.90 Å². The third-order valence-electron chi connectivity index (χ3n) is 3.82. The third kappa shape index (κ3) is 4.05. The van der Waals surface area contributed by atoms with Gasteiger partial charge in [0.15, 0.2) is 0 Å². The average Bonchev–Trinajstić information content (AvgIpc) is 3.28. The van der Waals surface area contributed by atoms with E-state index in [0.717, 1.165) is 18.5 Å². The molecule has 1 aromatic carbocycles. The van der Waals surface area contributed by atoms with Crippen molar-refractivity contribution < 1.29 is 9.90 Å². The van der Waals surface area contributed by atoms with Crippen LogP contribution in [-0.2, 0) is 17.6 Å². The Morgan fingerprint density at radius 3 is 2.35 bits per heavy atom. The molecule has 1 aliphatic carbocycles. The smallest absolute Gasteiger partial charge is 0.322 e. The maximum Gasteiger partial charge on any atom is 0.322 e. The molecular weight excluding hydrogens is 252 g/mol. The molecule has 4 nitrogen and oxygen atoms in total. The molecule has 4 heteroatoms. The summed E-state index contributed by atoms with van der Waals surface area (Å²) in [6.07, 6.45) is 3.85. The van der Waals surface area contributed by atoms with Crippen LogP contribution < -0.4 is 5.43 Å². The highest BCUT2D eigenvalue weighted by Gasteiger charge is 2.31. The van der Waals surface area contributed by atoms with Crippen molar-refractivity contribution in [2.45, 2.75) is 51.6 Å². The highest BCUT2D eigenvalue weighted by molar-refractivity contribution is 5.73. The van der Waals surface area contributed by atoms with Crippen LogP contribution in [0.1, 0.15) is 37.8 Å². The summed E-state index contributed by atoms with van der Waals surface area (Å²) < 4.78 is 0. The first kappa shape index (κ1) is 15.0. The van der Waals surface area contributed by atoms with Gasteiger partial charge in [0.05, 0.1) is 0 Å². The molecule has 110 valence electrons.